The van der Waals surface area contributed by atoms with Crippen molar-refractivity contribution >= 4 is 54.6 Å². The number of carbonyl (C=O) groups is 4. The van der Waals surface area contributed by atoms with Gasteiger partial charge in [-0.05, 0) is 71.4 Å². The van der Waals surface area contributed by atoms with Crippen molar-refractivity contribution < 1.29 is 55.7 Å². The predicted octanol–water partition coefficient (Wildman–Crippen LogP) is 2.69. The van der Waals surface area contributed by atoms with Gasteiger partial charge in [-0.25, -0.2) is 25.4 Å². The van der Waals surface area contributed by atoms with Gasteiger partial charge in [-0.2, -0.15) is 0 Å². The third kappa shape index (κ3) is 6.62. The molecule has 0 aliphatic rings. The SMILES string of the molecule is COc1ccc(S(=O)(=O)N(CC(=O)O)C(=O)c2ccc(C(=O)N(CC(=O)O)S(=O)(=O)c3ccc(OC)cc3)c3ccccc23)cc1. The lowest BCUT2D eigenvalue weighted by Gasteiger charge is -2.23. The number of fused-ring (bicyclic) bond motifs is 1. The van der Waals surface area contributed by atoms with E-state index in [1.54, 1.807) is 0 Å². The summed E-state index contributed by atoms with van der Waals surface area (Å²) in [4.78, 5) is 50.2. The number of carbonyl (C=O) groups excluding carboxylic acids is 2. The molecule has 0 aromatic heterocycles. The van der Waals surface area contributed by atoms with Crippen LogP contribution in [0.1, 0.15) is 20.7 Å². The van der Waals surface area contributed by atoms with Crippen LogP contribution in [-0.2, 0) is 29.6 Å². The molecule has 240 valence electrons. The molecule has 0 aliphatic carbocycles. The standard InChI is InChI=1S/C30H26N2O12S2/c1-43-19-7-11-21(12-8-19)45(39,40)31(17-27(33)34)29(37)25-15-16-26(24-6-4-3-5-23(24)25)30(38)32(18-28(35)36)46(41,42)22-13-9-20(44-2)10-14-22/h3-16H,17-18H2,1-2H3,(H,33,34)(H,35,36). The van der Waals surface area contributed by atoms with E-state index in [9.17, 15) is 46.2 Å². The first kappa shape index (κ1) is 33.4. The van der Waals surface area contributed by atoms with Crippen molar-refractivity contribution in [1.29, 1.82) is 0 Å². The molecule has 2 N–H and O–H groups in total. The summed E-state index contributed by atoms with van der Waals surface area (Å²) < 4.78 is 64.3. The van der Waals surface area contributed by atoms with Gasteiger partial charge < -0.3 is 19.7 Å². The largest absolute Gasteiger partial charge is 0.497 e. The van der Waals surface area contributed by atoms with Crippen LogP contribution in [0.3, 0.4) is 0 Å². The Morgan fingerprint density at radius 3 is 1.17 bits per heavy atom. The van der Waals surface area contributed by atoms with E-state index in [0.717, 1.165) is 36.4 Å². The van der Waals surface area contributed by atoms with E-state index in [1.807, 2.05) is 0 Å². The van der Waals surface area contributed by atoms with Crippen molar-refractivity contribution in [3.63, 3.8) is 0 Å². The van der Waals surface area contributed by atoms with Crippen LogP contribution in [0.15, 0.2) is 94.7 Å². The fraction of sp³-hybridized carbons (Fsp3) is 0.133. The smallest absolute Gasteiger partial charge is 0.324 e. The highest BCUT2D eigenvalue weighted by molar-refractivity contribution is 7.90. The maximum atomic E-state index is 13.8. The summed E-state index contributed by atoms with van der Waals surface area (Å²) in [7, 11) is -6.73. The Kier molecular flexibility index (Phi) is 9.63. The molecule has 0 fully saturated rings. The zero-order chi connectivity index (χ0) is 33.8. The number of hydrogen-bond donors (Lipinski definition) is 2. The molecule has 0 radical (unpaired) electrons. The fourth-order valence-electron chi connectivity index (χ4n) is 4.47. The summed E-state index contributed by atoms with van der Waals surface area (Å²) in [5.41, 5.74) is -0.651. The van der Waals surface area contributed by atoms with Crippen molar-refractivity contribution in [2.24, 2.45) is 0 Å². The molecule has 4 rings (SSSR count). The van der Waals surface area contributed by atoms with Gasteiger partial charge >= 0.3 is 11.9 Å². The first-order valence-electron chi connectivity index (χ1n) is 13.1. The quantitative estimate of drug-likeness (QED) is 0.224. The second-order valence-corrected chi connectivity index (χ2v) is 13.2. The number of nitrogens with zero attached hydrogens (tertiary/aromatic N) is 2. The zero-order valence-electron chi connectivity index (χ0n) is 24.2. The van der Waals surface area contributed by atoms with E-state index in [0.29, 0.717) is 11.5 Å². The first-order valence-corrected chi connectivity index (χ1v) is 16.0. The minimum atomic E-state index is -4.73. The molecule has 0 atom stereocenters. The van der Waals surface area contributed by atoms with E-state index < -0.39 is 66.7 Å². The molecule has 0 heterocycles. The molecular formula is C30H26N2O12S2. The molecule has 0 spiro atoms. The number of amides is 2. The summed E-state index contributed by atoms with van der Waals surface area (Å²) >= 11 is 0. The molecule has 0 aliphatic heterocycles. The van der Waals surface area contributed by atoms with E-state index in [4.69, 9.17) is 9.47 Å². The van der Waals surface area contributed by atoms with Crippen LogP contribution in [0.4, 0.5) is 0 Å². The zero-order valence-corrected chi connectivity index (χ0v) is 25.8. The van der Waals surface area contributed by atoms with E-state index in [-0.39, 0.29) is 30.5 Å². The maximum Gasteiger partial charge on any atom is 0.324 e. The van der Waals surface area contributed by atoms with Crippen LogP contribution >= 0.6 is 0 Å². The van der Waals surface area contributed by atoms with Gasteiger partial charge in [0.25, 0.3) is 31.9 Å². The normalized spacial score (nSPS) is 11.4. The Balaban J connectivity index is 1.83. The molecule has 4 aromatic rings. The molecule has 4 aromatic carbocycles. The van der Waals surface area contributed by atoms with Crippen LogP contribution in [0, 0.1) is 0 Å². The minimum Gasteiger partial charge on any atom is -0.497 e. The third-order valence-corrected chi connectivity index (χ3v) is 10.2. The summed E-state index contributed by atoms with van der Waals surface area (Å²) in [6, 6.07) is 17.5. The molecule has 0 bridgehead atoms. The third-order valence-electron chi connectivity index (χ3n) is 6.69. The van der Waals surface area contributed by atoms with Gasteiger partial charge in [0, 0.05) is 11.1 Å². The summed E-state index contributed by atoms with van der Waals surface area (Å²) in [6.07, 6.45) is 0. The molecule has 0 saturated carbocycles. The highest BCUT2D eigenvalue weighted by Gasteiger charge is 2.36. The van der Waals surface area contributed by atoms with Gasteiger partial charge in [-0.3, -0.25) is 19.2 Å². The molecular weight excluding hydrogens is 644 g/mol. The number of ether oxygens (including phenoxy) is 2. The van der Waals surface area contributed by atoms with Gasteiger partial charge in [0.1, 0.15) is 24.6 Å². The number of sulfonamides is 2. The van der Waals surface area contributed by atoms with Gasteiger partial charge in [-0.1, -0.05) is 24.3 Å². The van der Waals surface area contributed by atoms with Gasteiger partial charge in [0.05, 0.1) is 24.0 Å². The highest BCUT2D eigenvalue weighted by Crippen LogP contribution is 2.29. The average Bonchev–Trinajstić information content (AvgIpc) is 3.04. The number of carboxylic acid groups (broad SMARTS) is 2. The van der Waals surface area contributed by atoms with Crippen LogP contribution in [0.5, 0.6) is 11.5 Å². The number of methoxy groups -OCH3 is 2. The van der Waals surface area contributed by atoms with Crippen LogP contribution < -0.4 is 9.47 Å². The Morgan fingerprint density at radius 1 is 0.565 bits per heavy atom. The molecule has 14 nitrogen and oxygen atoms in total. The molecule has 16 heteroatoms. The second kappa shape index (κ2) is 13.3. The summed E-state index contributed by atoms with van der Waals surface area (Å²) in [5.74, 6) is -5.13. The van der Waals surface area contributed by atoms with Crippen molar-refractivity contribution in [2.75, 3.05) is 27.3 Å². The van der Waals surface area contributed by atoms with Crippen molar-refractivity contribution in [2.45, 2.75) is 9.79 Å². The number of benzene rings is 4. The maximum absolute atomic E-state index is 13.8. The molecule has 0 unspecified atom stereocenters. The number of rotatable bonds is 12. The lowest BCUT2D eigenvalue weighted by Crippen LogP contribution is -2.41. The molecule has 46 heavy (non-hydrogen) atoms. The monoisotopic (exact) mass is 670 g/mol. The number of aliphatic carboxylic acids is 2. The van der Waals surface area contributed by atoms with Gasteiger partial charge in [0.2, 0.25) is 0 Å². The molecule has 2 amide bonds. The summed E-state index contributed by atoms with van der Waals surface area (Å²) in [5, 5.41) is 18.9. The van der Waals surface area contributed by atoms with E-state index in [2.05, 4.69) is 0 Å². The van der Waals surface area contributed by atoms with Gasteiger partial charge in [0.15, 0.2) is 0 Å². The van der Waals surface area contributed by atoms with Crippen molar-refractivity contribution in [3.8, 4) is 11.5 Å². The lowest BCUT2D eigenvalue weighted by atomic mass is 9.98. The Bertz CT molecular complexity index is 1900. The van der Waals surface area contributed by atoms with Crippen LogP contribution in [0.25, 0.3) is 10.8 Å². The topological polar surface area (TPSA) is 202 Å². The Morgan fingerprint density at radius 2 is 0.891 bits per heavy atom. The second-order valence-electron chi connectivity index (χ2n) is 9.48. The highest BCUT2D eigenvalue weighted by atomic mass is 32.2. The first-order chi connectivity index (χ1) is 21.7. The van der Waals surface area contributed by atoms with Gasteiger partial charge in [-0.15, -0.1) is 0 Å². The van der Waals surface area contributed by atoms with Crippen molar-refractivity contribution in [3.05, 3.63) is 96.1 Å². The fourth-order valence-corrected chi connectivity index (χ4v) is 7.13. The summed E-state index contributed by atoms with van der Waals surface area (Å²) in [6.45, 7) is -2.48. The number of hydrogen-bond acceptors (Lipinski definition) is 10. The molecule has 0 saturated heterocycles. The van der Waals surface area contributed by atoms with Crippen LogP contribution in [-0.4, -0.2) is 86.7 Å². The van der Waals surface area contributed by atoms with E-state index >= 15 is 0 Å². The van der Waals surface area contributed by atoms with E-state index in [1.165, 1.54) is 62.8 Å². The predicted molar refractivity (Wildman–Crippen MR) is 162 cm³/mol. The lowest BCUT2D eigenvalue weighted by molar-refractivity contribution is -0.137. The van der Waals surface area contributed by atoms with Crippen molar-refractivity contribution in [1.82, 2.24) is 8.61 Å². The average molecular weight is 671 g/mol. The van der Waals surface area contributed by atoms with Crippen LogP contribution in [0.2, 0.25) is 0 Å². The number of carboxylic acids is 2. The Labute approximate surface area is 263 Å². The Hall–Kier alpha value is -5.48. The minimum absolute atomic E-state index is 0.0317.